The van der Waals surface area contributed by atoms with E-state index in [1.165, 1.54) is 6.08 Å². The van der Waals surface area contributed by atoms with Gasteiger partial charge < -0.3 is 0 Å². The molecular weight excluding hydrogens is 249 g/mol. The lowest BCUT2D eigenvalue weighted by Crippen LogP contribution is -1.70. The predicted molar refractivity (Wildman–Crippen MR) is 59.6 cm³/mol. The largest absolute Gasteiger partial charge is 0.292 e. The zero-order valence-electron chi connectivity index (χ0n) is 6.45. The minimum atomic E-state index is -3.35. The van der Waals surface area contributed by atoms with E-state index in [2.05, 4.69) is 0 Å². The maximum absolute atomic E-state index is 11.0. The number of rotatable bonds is 2. The van der Waals surface area contributed by atoms with Crippen LogP contribution in [-0.2, 0) is 4.57 Å². The van der Waals surface area contributed by atoms with Crippen molar-refractivity contribution in [3.05, 3.63) is 40.7 Å². The van der Waals surface area contributed by atoms with Crippen LogP contribution in [0, 0.1) is 0 Å². The summed E-state index contributed by atoms with van der Waals surface area (Å²) in [4.78, 5) is 0. The fourth-order valence-corrected chi connectivity index (χ4v) is 1.48. The smallest absolute Gasteiger partial charge is 0.283 e. The lowest BCUT2D eigenvalue weighted by Gasteiger charge is -1.98. The van der Waals surface area contributed by atoms with E-state index in [1.54, 1.807) is 0 Å². The molecule has 1 nitrogen and oxygen atoms in total. The quantitative estimate of drug-likeness (QED) is 0.687. The first-order valence-electron chi connectivity index (χ1n) is 3.42. The van der Waals surface area contributed by atoms with Crippen LogP contribution < -0.4 is 0 Å². The molecule has 5 heteroatoms. The van der Waals surface area contributed by atoms with Crippen LogP contribution in [0.25, 0.3) is 6.08 Å². The number of hydrogen-bond acceptors (Lipinski definition) is 1. The molecule has 70 valence electrons. The molecule has 0 fully saturated rings. The van der Waals surface area contributed by atoms with Gasteiger partial charge in [-0.3, -0.25) is 4.57 Å². The molecule has 0 N–H and O–H groups in total. The zero-order chi connectivity index (χ0) is 9.90. The van der Waals surface area contributed by atoms with Crippen molar-refractivity contribution in [1.29, 1.82) is 0 Å². The Morgan fingerprint density at radius 1 is 1.23 bits per heavy atom. The monoisotopic (exact) mass is 254 g/mol. The Morgan fingerprint density at radius 3 is 2.23 bits per heavy atom. The molecular formula is C8H6Cl3OP. The van der Waals surface area contributed by atoms with Gasteiger partial charge in [-0.05, 0) is 34.1 Å². The van der Waals surface area contributed by atoms with Crippen molar-refractivity contribution in [2.24, 2.45) is 0 Å². The highest BCUT2D eigenvalue weighted by Crippen LogP contribution is 2.65. The van der Waals surface area contributed by atoms with Crippen LogP contribution in [0.2, 0.25) is 0 Å². The standard InChI is InChI=1S/C8H6Cl3OP/c9-8(13(10,11)12)6-7-4-2-1-3-5-7/h1-6H. The van der Waals surface area contributed by atoms with Crippen molar-refractivity contribution < 1.29 is 4.57 Å². The minimum absolute atomic E-state index is 0.0259. The van der Waals surface area contributed by atoms with Gasteiger partial charge in [-0.1, -0.05) is 41.9 Å². The van der Waals surface area contributed by atoms with Crippen LogP contribution in [0.5, 0.6) is 0 Å². The molecule has 0 aromatic heterocycles. The highest BCUT2D eigenvalue weighted by atomic mass is 35.9. The van der Waals surface area contributed by atoms with Crippen molar-refractivity contribution >= 4 is 46.0 Å². The zero-order valence-corrected chi connectivity index (χ0v) is 9.62. The van der Waals surface area contributed by atoms with Gasteiger partial charge in [-0.25, -0.2) is 0 Å². The molecule has 0 bridgehead atoms. The molecule has 0 unspecified atom stereocenters. The molecule has 13 heavy (non-hydrogen) atoms. The minimum Gasteiger partial charge on any atom is -0.283 e. The van der Waals surface area contributed by atoms with E-state index in [-0.39, 0.29) is 4.77 Å². The summed E-state index contributed by atoms with van der Waals surface area (Å²) in [5.41, 5.74) is 0.814. The SMILES string of the molecule is O=P(Cl)(Cl)C(Cl)=Cc1ccccc1. The van der Waals surface area contributed by atoms with E-state index >= 15 is 0 Å². The Hall–Kier alpha value is 0.0600. The first kappa shape index (κ1) is 11.1. The molecule has 0 heterocycles. The second kappa shape index (κ2) is 4.52. The third-order valence-corrected chi connectivity index (χ3v) is 4.40. The molecule has 1 rings (SSSR count). The third kappa shape index (κ3) is 3.74. The highest BCUT2D eigenvalue weighted by Gasteiger charge is 2.18. The van der Waals surface area contributed by atoms with Gasteiger partial charge >= 0.3 is 0 Å². The summed E-state index contributed by atoms with van der Waals surface area (Å²) in [6.07, 6.45) is 1.49. The Bertz CT molecular complexity index is 355. The summed E-state index contributed by atoms with van der Waals surface area (Å²) >= 11 is 16.3. The lowest BCUT2D eigenvalue weighted by molar-refractivity contribution is 0.597. The van der Waals surface area contributed by atoms with Crippen molar-refractivity contribution in [2.75, 3.05) is 0 Å². The molecule has 1 aromatic rings. The maximum Gasteiger partial charge on any atom is 0.292 e. The summed E-state index contributed by atoms with van der Waals surface area (Å²) in [7, 11) is 0. The lowest BCUT2D eigenvalue weighted by atomic mass is 10.2. The van der Waals surface area contributed by atoms with Gasteiger partial charge in [0.2, 0.25) is 0 Å². The maximum atomic E-state index is 11.0. The van der Waals surface area contributed by atoms with Gasteiger partial charge in [0.15, 0.2) is 0 Å². The molecule has 0 aliphatic rings. The van der Waals surface area contributed by atoms with Crippen LogP contribution in [0.4, 0.5) is 0 Å². The Balaban J connectivity index is 2.97. The molecule has 0 aliphatic carbocycles. The van der Waals surface area contributed by atoms with Crippen LogP contribution in [0.3, 0.4) is 0 Å². The summed E-state index contributed by atoms with van der Waals surface area (Å²) in [6.45, 7) is 0. The van der Waals surface area contributed by atoms with E-state index in [9.17, 15) is 4.57 Å². The van der Waals surface area contributed by atoms with Crippen LogP contribution >= 0.6 is 39.9 Å². The Kier molecular flexibility index (Phi) is 3.87. The molecule has 0 amide bonds. The Morgan fingerprint density at radius 2 is 1.77 bits per heavy atom. The molecule has 0 saturated heterocycles. The molecule has 0 aliphatic heterocycles. The average molecular weight is 255 g/mol. The van der Waals surface area contributed by atoms with Gasteiger partial charge in [0.1, 0.15) is 4.77 Å². The van der Waals surface area contributed by atoms with Gasteiger partial charge in [0.25, 0.3) is 5.85 Å². The molecule has 0 radical (unpaired) electrons. The van der Waals surface area contributed by atoms with E-state index in [4.69, 9.17) is 34.1 Å². The third-order valence-electron chi connectivity index (χ3n) is 1.33. The second-order valence-corrected chi connectivity index (χ2v) is 7.79. The van der Waals surface area contributed by atoms with Gasteiger partial charge in [-0.15, -0.1) is 0 Å². The normalized spacial score (nSPS) is 13.0. The number of hydrogen-bond donors (Lipinski definition) is 0. The van der Waals surface area contributed by atoms with E-state index < -0.39 is 5.85 Å². The molecule has 0 saturated carbocycles. The molecule has 1 aromatic carbocycles. The molecule has 0 atom stereocenters. The van der Waals surface area contributed by atoms with E-state index in [1.807, 2.05) is 30.3 Å². The first-order valence-corrected chi connectivity index (χ1v) is 7.32. The summed E-state index contributed by atoms with van der Waals surface area (Å²) < 4.78 is 11.0. The highest BCUT2D eigenvalue weighted by molar-refractivity contribution is 8.12. The van der Waals surface area contributed by atoms with Crippen LogP contribution in [0.15, 0.2) is 35.1 Å². The number of halogens is 3. The summed E-state index contributed by atoms with van der Waals surface area (Å²) in [5.74, 6) is -3.35. The van der Waals surface area contributed by atoms with Gasteiger partial charge in [0.05, 0.1) is 0 Å². The first-order chi connectivity index (χ1) is 6.00. The van der Waals surface area contributed by atoms with Crippen LogP contribution in [0.1, 0.15) is 5.56 Å². The van der Waals surface area contributed by atoms with E-state index in [0.717, 1.165) is 5.56 Å². The van der Waals surface area contributed by atoms with Gasteiger partial charge in [0, 0.05) is 0 Å². The fraction of sp³-hybridized carbons (Fsp3) is 0. The van der Waals surface area contributed by atoms with Crippen molar-refractivity contribution in [1.82, 2.24) is 0 Å². The predicted octanol–water partition coefficient (Wildman–Crippen LogP) is 4.89. The average Bonchev–Trinajstić information content (AvgIpc) is 2.04. The number of benzene rings is 1. The molecule has 0 spiro atoms. The van der Waals surface area contributed by atoms with Crippen molar-refractivity contribution in [2.45, 2.75) is 0 Å². The Labute approximate surface area is 91.3 Å². The second-order valence-electron chi connectivity index (χ2n) is 2.34. The summed E-state index contributed by atoms with van der Waals surface area (Å²) in [6, 6.07) is 9.16. The van der Waals surface area contributed by atoms with Crippen molar-refractivity contribution in [3.8, 4) is 0 Å². The van der Waals surface area contributed by atoms with Crippen LogP contribution in [-0.4, -0.2) is 0 Å². The fourth-order valence-electron chi connectivity index (χ4n) is 0.762. The van der Waals surface area contributed by atoms with Gasteiger partial charge in [-0.2, -0.15) is 0 Å². The summed E-state index contributed by atoms with van der Waals surface area (Å²) in [5, 5.41) is 0. The van der Waals surface area contributed by atoms with Crippen molar-refractivity contribution in [3.63, 3.8) is 0 Å². The van der Waals surface area contributed by atoms with E-state index in [0.29, 0.717) is 0 Å². The topological polar surface area (TPSA) is 17.1 Å².